The van der Waals surface area contributed by atoms with Gasteiger partial charge in [-0.1, -0.05) is 6.92 Å². The Morgan fingerprint density at radius 2 is 2.40 bits per heavy atom. The van der Waals surface area contributed by atoms with E-state index in [1.165, 1.54) is 17.2 Å². The lowest BCUT2D eigenvalue weighted by Gasteiger charge is -2.20. The van der Waals surface area contributed by atoms with Crippen molar-refractivity contribution in [3.05, 3.63) is 16.1 Å². The summed E-state index contributed by atoms with van der Waals surface area (Å²) < 4.78 is 0. The normalized spacial score (nSPS) is 28.2. The van der Waals surface area contributed by atoms with E-state index in [4.69, 9.17) is 0 Å². The van der Waals surface area contributed by atoms with Crippen LogP contribution >= 0.6 is 23.1 Å². The van der Waals surface area contributed by atoms with Crippen molar-refractivity contribution in [1.82, 2.24) is 10.3 Å². The standard InChI is InChI=1S/C11H18N2S2/c1-7-6-15-11(12-7)8(2)13-10-4-5-14-9(10)3/h6,8-10,13H,4-5H2,1-3H3. The minimum atomic E-state index is 0.398. The van der Waals surface area contributed by atoms with Crippen LogP contribution in [0.2, 0.25) is 0 Å². The van der Waals surface area contributed by atoms with Crippen LogP contribution < -0.4 is 5.32 Å². The first kappa shape index (κ1) is 11.4. The lowest BCUT2D eigenvalue weighted by Crippen LogP contribution is -2.35. The molecule has 3 atom stereocenters. The van der Waals surface area contributed by atoms with E-state index in [1.807, 2.05) is 0 Å². The molecule has 1 aromatic heterocycles. The minimum absolute atomic E-state index is 0.398. The van der Waals surface area contributed by atoms with Crippen LogP contribution in [0.3, 0.4) is 0 Å². The molecule has 0 amide bonds. The molecule has 1 saturated heterocycles. The highest BCUT2D eigenvalue weighted by molar-refractivity contribution is 8.00. The molecule has 0 aromatic carbocycles. The van der Waals surface area contributed by atoms with Gasteiger partial charge in [-0.15, -0.1) is 11.3 Å². The fourth-order valence-corrected chi connectivity index (χ4v) is 3.94. The number of thioether (sulfide) groups is 1. The molecule has 0 aliphatic carbocycles. The Bertz CT molecular complexity index is 324. The van der Waals surface area contributed by atoms with Crippen molar-refractivity contribution in [3.63, 3.8) is 0 Å². The van der Waals surface area contributed by atoms with Gasteiger partial charge in [-0.05, 0) is 26.0 Å². The van der Waals surface area contributed by atoms with Crippen molar-refractivity contribution in [2.75, 3.05) is 5.75 Å². The first-order valence-corrected chi connectivity index (χ1v) is 7.39. The van der Waals surface area contributed by atoms with E-state index < -0.39 is 0 Å². The topological polar surface area (TPSA) is 24.9 Å². The van der Waals surface area contributed by atoms with Gasteiger partial charge in [0.1, 0.15) is 5.01 Å². The lowest BCUT2D eigenvalue weighted by atomic mass is 10.1. The molecule has 0 saturated carbocycles. The summed E-state index contributed by atoms with van der Waals surface area (Å²) >= 11 is 3.83. The van der Waals surface area contributed by atoms with E-state index in [2.05, 4.69) is 48.2 Å². The molecule has 15 heavy (non-hydrogen) atoms. The fraction of sp³-hybridized carbons (Fsp3) is 0.727. The lowest BCUT2D eigenvalue weighted by molar-refractivity contribution is 0.452. The molecule has 0 radical (unpaired) electrons. The Morgan fingerprint density at radius 1 is 1.60 bits per heavy atom. The van der Waals surface area contributed by atoms with Gasteiger partial charge in [-0.2, -0.15) is 11.8 Å². The van der Waals surface area contributed by atoms with Gasteiger partial charge in [0.25, 0.3) is 0 Å². The van der Waals surface area contributed by atoms with Crippen LogP contribution in [-0.2, 0) is 0 Å². The fourth-order valence-electron chi connectivity index (χ4n) is 1.91. The second-order valence-electron chi connectivity index (χ2n) is 4.19. The Morgan fingerprint density at radius 3 is 2.93 bits per heavy atom. The molecule has 1 aliphatic rings. The van der Waals surface area contributed by atoms with Gasteiger partial charge in [-0.3, -0.25) is 0 Å². The summed E-state index contributed by atoms with van der Waals surface area (Å²) in [4.78, 5) is 4.53. The van der Waals surface area contributed by atoms with Crippen LogP contribution in [0, 0.1) is 6.92 Å². The van der Waals surface area contributed by atoms with E-state index in [1.54, 1.807) is 11.3 Å². The summed E-state index contributed by atoms with van der Waals surface area (Å²) in [5, 5.41) is 7.77. The van der Waals surface area contributed by atoms with Crippen LogP contribution in [0.1, 0.15) is 37.0 Å². The summed E-state index contributed by atoms with van der Waals surface area (Å²) in [6.45, 7) is 6.59. The summed E-state index contributed by atoms with van der Waals surface area (Å²) in [6.07, 6.45) is 1.29. The van der Waals surface area contributed by atoms with Crippen molar-refractivity contribution in [3.8, 4) is 0 Å². The number of hydrogen-bond acceptors (Lipinski definition) is 4. The SMILES string of the molecule is Cc1csc(C(C)NC2CCSC2C)n1. The molecule has 84 valence electrons. The number of aryl methyl sites for hydroxylation is 1. The molecule has 0 spiro atoms. The Labute approximate surface area is 99.9 Å². The van der Waals surface area contributed by atoms with Crippen molar-refractivity contribution in [2.24, 2.45) is 0 Å². The summed E-state index contributed by atoms with van der Waals surface area (Å²) in [5.74, 6) is 1.29. The van der Waals surface area contributed by atoms with Crippen LogP contribution in [0.15, 0.2) is 5.38 Å². The summed E-state index contributed by atoms with van der Waals surface area (Å²) in [5.41, 5.74) is 1.14. The first-order chi connectivity index (χ1) is 7.16. The number of rotatable bonds is 3. The monoisotopic (exact) mass is 242 g/mol. The third-order valence-corrected chi connectivity index (χ3v) is 5.32. The minimum Gasteiger partial charge on any atom is -0.304 e. The average molecular weight is 242 g/mol. The number of nitrogens with zero attached hydrogens (tertiary/aromatic N) is 1. The van der Waals surface area contributed by atoms with E-state index in [9.17, 15) is 0 Å². The molecule has 1 aromatic rings. The molecule has 0 bridgehead atoms. The molecule has 2 heterocycles. The van der Waals surface area contributed by atoms with Gasteiger partial charge < -0.3 is 5.32 Å². The Hall–Kier alpha value is -0.0600. The maximum absolute atomic E-state index is 4.53. The predicted octanol–water partition coefficient (Wildman–Crippen LogP) is 3.00. The number of hydrogen-bond donors (Lipinski definition) is 1. The molecule has 2 rings (SSSR count). The summed E-state index contributed by atoms with van der Waals surface area (Å²) in [6, 6.07) is 1.06. The molecular weight excluding hydrogens is 224 g/mol. The van der Waals surface area contributed by atoms with E-state index in [-0.39, 0.29) is 0 Å². The average Bonchev–Trinajstić information content (AvgIpc) is 2.77. The van der Waals surface area contributed by atoms with Gasteiger partial charge in [0, 0.05) is 22.4 Å². The Balaban J connectivity index is 1.94. The van der Waals surface area contributed by atoms with E-state index in [0.29, 0.717) is 12.1 Å². The van der Waals surface area contributed by atoms with Crippen molar-refractivity contribution < 1.29 is 0 Å². The second kappa shape index (κ2) is 4.85. The van der Waals surface area contributed by atoms with Gasteiger partial charge in [0.2, 0.25) is 0 Å². The molecule has 3 unspecified atom stereocenters. The second-order valence-corrected chi connectivity index (χ2v) is 6.56. The maximum Gasteiger partial charge on any atom is 0.110 e. The molecular formula is C11H18N2S2. The third-order valence-electron chi connectivity index (χ3n) is 2.85. The zero-order valence-corrected chi connectivity index (χ0v) is 11.1. The predicted molar refractivity (Wildman–Crippen MR) is 68.7 cm³/mol. The van der Waals surface area contributed by atoms with E-state index >= 15 is 0 Å². The van der Waals surface area contributed by atoms with Gasteiger partial charge >= 0.3 is 0 Å². The van der Waals surface area contributed by atoms with E-state index in [0.717, 1.165) is 10.9 Å². The highest BCUT2D eigenvalue weighted by atomic mass is 32.2. The van der Waals surface area contributed by atoms with Crippen LogP contribution in [-0.4, -0.2) is 22.0 Å². The Kier molecular flexibility index (Phi) is 3.69. The molecule has 1 aliphatic heterocycles. The highest BCUT2D eigenvalue weighted by Gasteiger charge is 2.25. The van der Waals surface area contributed by atoms with Gasteiger partial charge in [0.15, 0.2) is 0 Å². The molecule has 1 N–H and O–H groups in total. The largest absolute Gasteiger partial charge is 0.304 e. The molecule has 1 fully saturated rings. The molecule has 4 heteroatoms. The van der Waals surface area contributed by atoms with Crippen molar-refractivity contribution in [2.45, 2.75) is 44.5 Å². The molecule has 2 nitrogen and oxygen atoms in total. The number of aromatic nitrogens is 1. The number of thiazole rings is 1. The zero-order valence-electron chi connectivity index (χ0n) is 9.49. The summed E-state index contributed by atoms with van der Waals surface area (Å²) in [7, 11) is 0. The number of nitrogens with one attached hydrogen (secondary N) is 1. The maximum atomic E-state index is 4.53. The van der Waals surface area contributed by atoms with Crippen molar-refractivity contribution >= 4 is 23.1 Å². The quantitative estimate of drug-likeness (QED) is 0.882. The zero-order chi connectivity index (χ0) is 10.8. The van der Waals surface area contributed by atoms with Gasteiger partial charge in [-0.25, -0.2) is 4.98 Å². The smallest absolute Gasteiger partial charge is 0.110 e. The van der Waals surface area contributed by atoms with Crippen molar-refractivity contribution in [1.29, 1.82) is 0 Å². The van der Waals surface area contributed by atoms with Crippen LogP contribution in [0.4, 0.5) is 0 Å². The third kappa shape index (κ3) is 2.74. The highest BCUT2D eigenvalue weighted by Crippen LogP contribution is 2.28. The van der Waals surface area contributed by atoms with Gasteiger partial charge in [0.05, 0.1) is 6.04 Å². The van der Waals surface area contributed by atoms with Crippen LogP contribution in [0.25, 0.3) is 0 Å². The van der Waals surface area contributed by atoms with Crippen LogP contribution in [0.5, 0.6) is 0 Å². The first-order valence-electron chi connectivity index (χ1n) is 5.46.